The topological polar surface area (TPSA) is 0 Å². The highest BCUT2D eigenvalue weighted by molar-refractivity contribution is 5.71. The highest BCUT2D eigenvalue weighted by Gasteiger charge is 2.08. The number of hydrogen-bond donors (Lipinski definition) is 0. The molecule has 0 saturated heterocycles. The Morgan fingerprint density at radius 3 is 1.97 bits per heavy atom. The Balaban J connectivity index is 1.70. The van der Waals surface area contributed by atoms with Gasteiger partial charge in [-0.1, -0.05) is 86.5 Å². The van der Waals surface area contributed by atoms with Crippen molar-refractivity contribution in [1.29, 1.82) is 0 Å². The molecule has 0 atom stereocenters. The average Bonchev–Trinajstić information content (AvgIpc) is 2.75. The van der Waals surface area contributed by atoms with Crippen LogP contribution in [0.5, 0.6) is 0 Å². The molecule has 0 heterocycles. The van der Waals surface area contributed by atoms with Gasteiger partial charge >= 0.3 is 0 Å². The van der Waals surface area contributed by atoms with Gasteiger partial charge in [-0.3, -0.25) is 0 Å². The van der Waals surface area contributed by atoms with Crippen LogP contribution in [0.25, 0.3) is 22.3 Å². The minimum atomic E-state index is -0.219. The van der Waals surface area contributed by atoms with E-state index in [1.807, 2.05) is 36.4 Å². The fraction of sp³-hybridized carbons (Fsp3) is 0.286. The van der Waals surface area contributed by atoms with Gasteiger partial charge in [0.25, 0.3) is 0 Å². The van der Waals surface area contributed by atoms with Crippen molar-refractivity contribution in [2.45, 2.75) is 52.4 Å². The first-order valence-corrected chi connectivity index (χ1v) is 10.9. The molecule has 2 heteroatoms. The van der Waals surface area contributed by atoms with Crippen LogP contribution < -0.4 is 0 Å². The first kappa shape index (κ1) is 22.0. The molecule has 0 spiro atoms. The van der Waals surface area contributed by atoms with Crippen molar-refractivity contribution in [3.63, 3.8) is 0 Å². The maximum Gasteiger partial charge on any atom is 0.131 e. The molecular weight excluding hydrogens is 374 g/mol. The molecule has 0 aliphatic carbocycles. The molecular formula is C28H30F2. The highest BCUT2D eigenvalue weighted by atomic mass is 19.1. The van der Waals surface area contributed by atoms with Crippen molar-refractivity contribution in [2.75, 3.05) is 0 Å². The van der Waals surface area contributed by atoms with E-state index in [0.29, 0.717) is 12.0 Å². The smallest absolute Gasteiger partial charge is 0.131 e. The molecule has 0 saturated carbocycles. The van der Waals surface area contributed by atoms with Gasteiger partial charge in [0.05, 0.1) is 5.83 Å². The van der Waals surface area contributed by atoms with Crippen molar-refractivity contribution < 1.29 is 8.78 Å². The summed E-state index contributed by atoms with van der Waals surface area (Å²) in [5, 5.41) is 0. The predicted molar refractivity (Wildman–Crippen MR) is 124 cm³/mol. The van der Waals surface area contributed by atoms with Crippen LogP contribution in [-0.2, 0) is 12.8 Å². The molecule has 0 radical (unpaired) electrons. The van der Waals surface area contributed by atoms with Gasteiger partial charge in [0.1, 0.15) is 5.82 Å². The Bertz CT molecular complexity index is 963. The molecule has 0 N–H and O–H groups in total. The van der Waals surface area contributed by atoms with E-state index in [1.54, 1.807) is 12.1 Å². The minimum absolute atomic E-state index is 0.153. The van der Waals surface area contributed by atoms with Gasteiger partial charge in [-0.2, -0.15) is 0 Å². The molecule has 3 aromatic rings. The second-order valence-electron chi connectivity index (χ2n) is 7.88. The molecule has 0 nitrogen and oxygen atoms in total. The third kappa shape index (κ3) is 6.13. The van der Waals surface area contributed by atoms with Crippen molar-refractivity contribution in [2.24, 2.45) is 0 Å². The van der Waals surface area contributed by atoms with Crippen molar-refractivity contribution >= 4 is 0 Å². The fourth-order valence-electron chi connectivity index (χ4n) is 3.66. The number of halogens is 2. The Morgan fingerprint density at radius 2 is 1.37 bits per heavy atom. The summed E-state index contributed by atoms with van der Waals surface area (Å²) in [6, 6.07) is 21.7. The summed E-state index contributed by atoms with van der Waals surface area (Å²) >= 11 is 0. The number of aryl methyl sites for hydroxylation is 2. The van der Waals surface area contributed by atoms with E-state index in [9.17, 15) is 8.78 Å². The van der Waals surface area contributed by atoms with Gasteiger partial charge in [-0.15, -0.1) is 0 Å². The monoisotopic (exact) mass is 404 g/mol. The Kier molecular flexibility index (Phi) is 7.96. The lowest BCUT2D eigenvalue weighted by molar-refractivity contribution is 0.631. The standard InChI is InChI=1S/C28H30F2/c1-3-4-5-8-22-10-14-24(15-11-22)26-18-19-27(28(30)20-26)25-16-12-23(13-17-25)9-6-7-21(2)29/h7,10-20H,3-6,8-9H2,1-2H3/b21-7-. The van der Waals surface area contributed by atoms with E-state index >= 15 is 0 Å². The van der Waals surface area contributed by atoms with E-state index in [4.69, 9.17) is 0 Å². The molecule has 0 bridgehead atoms. The number of hydrogen-bond acceptors (Lipinski definition) is 0. The summed E-state index contributed by atoms with van der Waals surface area (Å²) in [7, 11) is 0. The van der Waals surface area contributed by atoms with Gasteiger partial charge < -0.3 is 0 Å². The zero-order chi connectivity index (χ0) is 21.3. The largest absolute Gasteiger partial charge is 0.212 e. The Labute approximate surface area is 179 Å². The van der Waals surface area contributed by atoms with Crippen LogP contribution in [0.1, 0.15) is 50.7 Å². The SMILES string of the molecule is CCCCCc1ccc(-c2ccc(-c3ccc(CC/C=C(/C)F)cc3)c(F)c2)cc1. The molecule has 3 rings (SSSR count). The zero-order valence-electron chi connectivity index (χ0n) is 17.9. The maximum atomic E-state index is 14.8. The van der Waals surface area contributed by atoms with Crippen LogP contribution in [0.2, 0.25) is 0 Å². The first-order valence-electron chi connectivity index (χ1n) is 10.9. The summed E-state index contributed by atoms with van der Waals surface area (Å²) in [6.45, 7) is 3.67. The van der Waals surface area contributed by atoms with E-state index in [2.05, 4.69) is 31.2 Å². The molecule has 0 unspecified atom stereocenters. The summed E-state index contributed by atoms with van der Waals surface area (Å²) in [6.07, 6.45) is 7.82. The zero-order valence-corrected chi connectivity index (χ0v) is 17.9. The van der Waals surface area contributed by atoms with Crippen LogP contribution in [0.3, 0.4) is 0 Å². The molecule has 0 aromatic heterocycles. The van der Waals surface area contributed by atoms with E-state index in [-0.39, 0.29) is 11.6 Å². The molecule has 0 fully saturated rings. The van der Waals surface area contributed by atoms with Crippen molar-refractivity contribution in [1.82, 2.24) is 0 Å². The lowest BCUT2D eigenvalue weighted by atomic mass is 9.97. The molecule has 0 amide bonds. The minimum Gasteiger partial charge on any atom is -0.212 e. The number of allylic oxidation sites excluding steroid dienone is 2. The van der Waals surface area contributed by atoms with Crippen LogP contribution in [0.15, 0.2) is 78.6 Å². The van der Waals surface area contributed by atoms with Gasteiger partial charge in [0.15, 0.2) is 0 Å². The number of rotatable bonds is 9. The van der Waals surface area contributed by atoms with Crippen LogP contribution >= 0.6 is 0 Å². The second kappa shape index (κ2) is 10.9. The van der Waals surface area contributed by atoms with Crippen LogP contribution in [0.4, 0.5) is 8.78 Å². The Hall–Kier alpha value is -2.74. The normalized spacial score (nSPS) is 11.7. The van der Waals surface area contributed by atoms with Crippen molar-refractivity contribution in [3.8, 4) is 22.3 Å². The van der Waals surface area contributed by atoms with Gasteiger partial charge in [-0.05, 0) is 66.5 Å². The van der Waals surface area contributed by atoms with Crippen LogP contribution in [0, 0.1) is 5.82 Å². The molecule has 156 valence electrons. The molecule has 30 heavy (non-hydrogen) atoms. The third-order valence-corrected chi connectivity index (χ3v) is 5.45. The van der Waals surface area contributed by atoms with Crippen LogP contribution in [-0.4, -0.2) is 0 Å². The molecule has 3 aromatic carbocycles. The average molecular weight is 405 g/mol. The second-order valence-corrected chi connectivity index (χ2v) is 7.88. The van der Waals surface area contributed by atoms with Gasteiger partial charge in [-0.25, -0.2) is 8.78 Å². The van der Waals surface area contributed by atoms with Gasteiger partial charge in [0.2, 0.25) is 0 Å². The fourth-order valence-corrected chi connectivity index (χ4v) is 3.66. The Morgan fingerprint density at radius 1 is 0.767 bits per heavy atom. The van der Waals surface area contributed by atoms with E-state index < -0.39 is 0 Å². The van der Waals surface area contributed by atoms with E-state index in [0.717, 1.165) is 35.1 Å². The summed E-state index contributed by atoms with van der Waals surface area (Å²) in [5.74, 6) is -0.372. The number of benzene rings is 3. The highest BCUT2D eigenvalue weighted by Crippen LogP contribution is 2.29. The maximum absolute atomic E-state index is 14.8. The van der Waals surface area contributed by atoms with E-state index in [1.165, 1.54) is 31.7 Å². The summed E-state index contributed by atoms with van der Waals surface area (Å²) in [4.78, 5) is 0. The summed E-state index contributed by atoms with van der Waals surface area (Å²) in [5.41, 5.74) is 5.83. The molecule has 0 aliphatic heterocycles. The third-order valence-electron chi connectivity index (χ3n) is 5.45. The summed E-state index contributed by atoms with van der Waals surface area (Å²) < 4.78 is 27.6. The lowest BCUT2D eigenvalue weighted by Gasteiger charge is -2.09. The first-order chi connectivity index (χ1) is 14.6. The van der Waals surface area contributed by atoms with Crippen molar-refractivity contribution in [3.05, 3.63) is 95.6 Å². The molecule has 0 aliphatic rings. The predicted octanol–water partition coefficient (Wildman–Crippen LogP) is 8.70. The lowest BCUT2D eigenvalue weighted by Crippen LogP contribution is -1.89. The quantitative estimate of drug-likeness (QED) is 0.313. The number of unbranched alkanes of at least 4 members (excludes halogenated alkanes) is 2. The van der Waals surface area contributed by atoms with Gasteiger partial charge in [0, 0.05) is 5.56 Å².